The summed E-state index contributed by atoms with van der Waals surface area (Å²) >= 11 is 5.65. The molecule has 1 atom stereocenters. The Kier molecular flexibility index (Phi) is 7.48. The fourth-order valence-electron chi connectivity index (χ4n) is 3.83. The number of sulfonamides is 1. The second-order valence-electron chi connectivity index (χ2n) is 7.98. The predicted octanol–water partition coefficient (Wildman–Crippen LogP) is 5.14. The van der Waals surface area contributed by atoms with E-state index in [0.29, 0.717) is 16.1 Å². The molecule has 1 aliphatic rings. The molecule has 6 nitrogen and oxygen atoms in total. The predicted molar refractivity (Wildman–Crippen MR) is 124 cm³/mol. The molecule has 3 rings (SSSR count). The van der Waals surface area contributed by atoms with Crippen LogP contribution < -0.4 is 14.5 Å². The number of hydrogen-bond acceptors (Lipinski definition) is 4. The zero-order valence-electron chi connectivity index (χ0n) is 18.2. The SMILES string of the molecule is CC(C(=O)Nc1ccc(N2CCCCC2)cc1)N(c1ccc(Cl)c(C(F)(F)F)c1)S(C)(=O)=O. The number of alkyl halides is 3. The van der Waals surface area contributed by atoms with Gasteiger partial charge in [-0.15, -0.1) is 0 Å². The Morgan fingerprint density at radius 3 is 2.24 bits per heavy atom. The van der Waals surface area contributed by atoms with Gasteiger partial charge in [-0.25, -0.2) is 8.42 Å². The topological polar surface area (TPSA) is 69.7 Å². The van der Waals surface area contributed by atoms with Crippen molar-refractivity contribution in [3.8, 4) is 0 Å². The second-order valence-corrected chi connectivity index (χ2v) is 10.2. The van der Waals surface area contributed by atoms with Crippen LogP contribution in [0, 0.1) is 0 Å². The molecule has 1 N–H and O–H groups in total. The van der Waals surface area contributed by atoms with Gasteiger partial charge in [0.2, 0.25) is 15.9 Å². The maximum Gasteiger partial charge on any atom is 0.417 e. The van der Waals surface area contributed by atoms with Crippen LogP contribution in [-0.2, 0) is 21.0 Å². The van der Waals surface area contributed by atoms with Gasteiger partial charge in [-0.05, 0) is 68.7 Å². The smallest absolute Gasteiger partial charge is 0.372 e. The normalized spacial score (nSPS) is 15.8. The number of carbonyl (C=O) groups excluding carboxylic acids is 1. The van der Waals surface area contributed by atoms with Crippen molar-refractivity contribution in [1.82, 2.24) is 0 Å². The summed E-state index contributed by atoms with van der Waals surface area (Å²) in [6, 6.07) is 8.57. The molecule has 180 valence electrons. The summed E-state index contributed by atoms with van der Waals surface area (Å²) in [4.78, 5) is 15.1. The number of rotatable bonds is 6. The Morgan fingerprint density at radius 2 is 1.70 bits per heavy atom. The van der Waals surface area contributed by atoms with Gasteiger partial charge in [-0.3, -0.25) is 9.10 Å². The van der Waals surface area contributed by atoms with Crippen molar-refractivity contribution in [1.29, 1.82) is 0 Å². The molecule has 0 spiro atoms. The first kappa shape index (κ1) is 25.2. The Bertz CT molecular complexity index is 1100. The highest BCUT2D eigenvalue weighted by Crippen LogP contribution is 2.38. The minimum Gasteiger partial charge on any atom is -0.372 e. The molecule has 1 heterocycles. The van der Waals surface area contributed by atoms with Crippen LogP contribution in [0.3, 0.4) is 0 Å². The van der Waals surface area contributed by atoms with Crippen LogP contribution in [0.15, 0.2) is 42.5 Å². The number of nitrogens with one attached hydrogen (secondary N) is 1. The van der Waals surface area contributed by atoms with E-state index < -0.39 is 38.7 Å². The van der Waals surface area contributed by atoms with Crippen molar-refractivity contribution in [2.75, 3.05) is 33.9 Å². The van der Waals surface area contributed by atoms with Crippen LogP contribution in [0.2, 0.25) is 5.02 Å². The summed E-state index contributed by atoms with van der Waals surface area (Å²) in [5.41, 5.74) is -0.0129. The van der Waals surface area contributed by atoms with Crippen LogP contribution in [0.4, 0.5) is 30.2 Å². The number of halogens is 4. The number of amides is 1. The molecule has 1 fully saturated rings. The van der Waals surface area contributed by atoms with Gasteiger partial charge < -0.3 is 10.2 Å². The first-order chi connectivity index (χ1) is 15.4. The molecule has 2 aromatic rings. The molecule has 11 heteroatoms. The minimum atomic E-state index is -4.78. The lowest BCUT2D eigenvalue weighted by Gasteiger charge is -2.29. The maximum atomic E-state index is 13.3. The Labute approximate surface area is 196 Å². The number of piperidine rings is 1. The first-order valence-electron chi connectivity index (χ1n) is 10.4. The fourth-order valence-corrected chi connectivity index (χ4v) is 5.22. The average Bonchev–Trinajstić information content (AvgIpc) is 2.74. The maximum absolute atomic E-state index is 13.3. The number of hydrogen-bond donors (Lipinski definition) is 1. The van der Waals surface area contributed by atoms with Gasteiger partial charge in [0.15, 0.2) is 0 Å². The highest BCUT2D eigenvalue weighted by Gasteiger charge is 2.36. The highest BCUT2D eigenvalue weighted by molar-refractivity contribution is 7.92. The zero-order valence-corrected chi connectivity index (χ0v) is 19.8. The van der Waals surface area contributed by atoms with Gasteiger partial charge >= 0.3 is 6.18 Å². The van der Waals surface area contributed by atoms with Crippen molar-refractivity contribution >= 4 is 44.6 Å². The van der Waals surface area contributed by atoms with Gasteiger partial charge in [0.1, 0.15) is 6.04 Å². The molecule has 0 radical (unpaired) electrons. The lowest BCUT2D eigenvalue weighted by molar-refractivity contribution is -0.137. The lowest BCUT2D eigenvalue weighted by Crippen LogP contribution is -2.45. The largest absolute Gasteiger partial charge is 0.417 e. The van der Waals surface area contributed by atoms with E-state index in [1.165, 1.54) is 13.3 Å². The van der Waals surface area contributed by atoms with Gasteiger partial charge in [0, 0.05) is 24.5 Å². The van der Waals surface area contributed by atoms with Crippen molar-refractivity contribution in [2.45, 2.75) is 38.4 Å². The van der Waals surface area contributed by atoms with E-state index in [-0.39, 0.29) is 5.69 Å². The third kappa shape index (κ3) is 6.11. The molecule has 1 aliphatic heterocycles. The Hall–Kier alpha value is -2.46. The molecule has 33 heavy (non-hydrogen) atoms. The van der Waals surface area contributed by atoms with Crippen LogP contribution in [0.5, 0.6) is 0 Å². The summed E-state index contributed by atoms with van der Waals surface area (Å²) in [5.74, 6) is -0.686. The summed E-state index contributed by atoms with van der Waals surface area (Å²) in [5, 5.41) is 2.07. The van der Waals surface area contributed by atoms with E-state index in [1.54, 1.807) is 12.1 Å². The van der Waals surface area contributed by atoms with Crippen molar-refractivity contribution in [2.24, 2.45) is 0 Å². The molecule has 0 saturated carbocycles. The second kappa shape index (κ2) is 9.80. The molecule has 1 saturated heterocycles. The van der Waals surface area contributed by atoms with Crippen LogP contribution in [-0.4, -0.2) is 39.7 Å². The number of benzene rings is 2. The van der Waals surface area contributed by atoms with Crippen molar-refractivity contribution in [3.63, 3.8) is 0 Å². The number of anilines is 3. The van der Waals surface area contributed by atoms with Crippen molar-refractivity contribution < 1.29 is 26.4 Å². The van der Waals surface area contributed by atoms with E-state index in [2.05, 4.69) is 10.2 Å². The molecule has 0 aromatic heterocycles. The standard InChI is InChI=1S/C22H25ClF3N3O3S/c1-15(21(30)27-16-6-8-17(9-7-16)28-12-4-3-5-13-28)29(33(2,31)32)18-10-11-20(23)19(14-18)22(24,25)26/h6-11,14-15H,3-5,12-13H2,1-2H3,(H,27,30). The van der Waals surface area contributed by atoms with Crippen molar-refractivity contribution in [3.05, 3.63) is 53.1 Å². The van der Waals surface area contributed by atoms with Gasteiger partial charge in [-0.1, -0.05) is 11.6 Å². The van der Waals surface area contributed by atoms with E-state index in [1.807, 2.05) is 12.1 Å². The van der Waals surface area contributed by atoms with Crippen LogP contribution in [0.1, 0.15) is 31.7 Å². The minimum absolute atomic E-state index is 0.308. The molecule has 0 bridgehead atoms. The molecule has 1 unspecified atom stereocenters. The summed E-state index contributed by atoms with van der Waals surface area (Å²) in [7, 11) is -4.10. The third-order valence-corrected chi connectivity index (χ3v) is 7.03. The van der Waals surface area contributed by atoms with E-state index in [9.17, 15) is 26.4 Å². The van der Waals surface area contributed by atoms with Gasteiger partial charge in [-0.2, -0.15) is 13.2 Å². The average molecular weight is 504 g/mol. The Morgan fingerprint density at radius 1 is 1.09 bits per heavy atom. The van der Waals surface area contributed by atoms with E-state index in [0.717, 1.165) is 50.0 Å². The zero-order chi connectivity index (χ0) is 24.4. The molecular weight excluding hydrogens is 479 g/mol. The summed E-state index contributed by atoms with van der Waals surface area (Å²) in [6.45, 7) is 3.24. The van der Waals surface area contributed by atoms with E-state index in [4.69, 9.17) is 11.6 Å². The summed E-state index contributed by atoms with van der Waals surface area (Å²) in [6.07, 6.45) is -0.502. The molecule has 2 aromatic carbocycles. The van der Waals surface area contributed by atoms with Crippen LogP contribution >= 0.6 is 11.6 Å². The first-order valence-corrected chi connectivity index (χ1v) is 12.6. The summed E-state index contributed by atoms with van der Waals surface area (Å²) < 4.78 is 65.3. The van der Waals surface area contributed by atoms with Crippen LogP contribution in [0.25, 0.3) is 0 Å². The molecule has 0 aliphatic carbocycles. The van der Waals surface area contributed by atoms with E-state index >= 15 is 0 Å². The lowest BCUT2D eigenvalue weighted by atomic mass is 10.1. The highest BCUT2D eigenvalue weighted by atomic mass is 35.5. The van der Waals surface area contributed by atoms with Gasteiger partial charge in [0.25, 0.3) is 0 Å². The Balaban J connectivity index is 1.81. The molecule has 1 amide bonds. The molecular formula is C22H25ClF3N3O3S. The fraction of sp³-hybridized carbons (Fsp3) is 0.409. The number of nitrogens with zero attached hydrogens (tertiary/aromatic N) is 2. The van der Waals surface area contributed by atoms with Gasteiger partial charge in [0.05, 0.1) is 22.5 Å². The quantitative estimate of drug-likeness (QED) is 0.592. The number of carbonyl (C=O) groups is 1. The monoisotopic (exact) mass is 503 g/mol. The third-order valence-electron chi connectivity index (χ3n) is 5.45.